The first-order chi connectivity index (χ1) is 11.1. The SMILES string of the molecule is CSCc1cccnc1C(=O)N1CCCc2cc(Br)cc(F)c21. The summed E-state index contributed by atoms with van der Waals surface area (Å²) >= 11 is 4.95. The Morgan fingerprint density at radius 3 is 3.09 bits per heavy atom. The van der Waals surface area contributed by atoms with Gasteiger partial charge in [0.15, 0.2) is 0 Å². The quantitative estimate of drug-likeness (QED) is 0.771. The smallest absolute Gasteiger partial charge is 0.277 e. The number of hydrogen-bond acceptors (Lipinski definition) is 3. The number of carbonyl (C=O) groups is 1. The molecule has 0 spiro atoms. The van der Waals surface area contributed by atoms with E-state index in [1.165, 1.54) is 11.0 Å². The lowest BCUT2D eigenvalue weighted by Gasteiger charge is -2.30. The van der Waals surface area contributed by atoms with Crippen molar-refractivity contribution in [1.29, 1.82) is 0 Å². The van der Waals surface area contributed by atoms with Crippen LogP contribution in [0.2, 0.25) is 0 Å². The highest BCUT2D eigenvalue weighted by Crippen LogP contribution is 2.34. The standard InChI is InChI=1S/C17H16BrFN2OS/c1-23-10-12-4-2-6-20-15(12)17(22)21-7-3-5-11-8-13(18)9-14(19)16(11)21/h2,4,6,8-9H,3,5,7,10H2,1H3. The molecule has 1 aliphatic rings. The van der Waals surface area contributed by atoms with Gasteiger partial charge >= 0.3 is 0 Å². The van der Waals surface area contributed by atoms with Gasteiger partial charge in [0.25, 0.3) is 5.91 Å². The summed E-state index contributed by atoms with van der Waals surface area (Å²) in [6.45, 7) is 0.514. The molecule has 1 aliphatic heterocycles. The van der Waals surface area contributed by atoms with E-state index in [-0.39, 0.29) is 11.7 Å². The number of anilines is 1. The normalized spacial score (nSPS) is 13.8. The second kappa shape index (κ2) is 7.01. The Labute approximate surface area is 147 Å². The maximum absolute atomic E-state index is 14.5. The predicted octanol–water partition coefficient (Wildman–Crippen LogP) is 4.44. The van der Waals surface area contributed by atoms with Crippen molar-refractivity contribution in [3.63, 3.8) is 0 Å². The molecule has 1 aromatic heterocycles. The Balaban J connectivity index is 2.03. The minimum Gasteiger partial charge on any atom is -0.304 e. The Hall–Kier alpha value is -1.40. The van der Waals surface area contributed by atoms with Crippen LogP contribution >= 0.6 is 27.7 Å². The van der Waals surface area contributed by atoms with Crippen molar-refractivity contribution in [2.45, 2.75) is 18.6 Å². The van der Waals surface area contributed by atoms with Crippen molar-refractivity contribution < 1.29 is 9.18 Å². The molecular formula is C17H16BrFN2OS. The average molecular weight is 395 g/mol. The van der Waals surface area contributed by atoms with Crippen LogP contribution in [0.15, 0.2) is 34.9 Å². The van der Waals surface area contributed by atoms with Gasteiger partial charge in [-0.2, -0.15) is 11.8 Å². The molecule has 2 aromatic rings. The van der Waals surface area contributed by atoms with Crippen molar-refractivity contribution in [3.05, 3.63) is 57.6 Å². The van der Waals surface area contributed by atoms with E-state index < -0.39 is 0 Å². The molecule has 3 nitrogen and oxygen atoms in total. The maximum Gasteiger partial charge on any atom is 0.277 e. The molecule has 0 bridgehead atoms. The van der Waals surface area contributed by atoms with E-state index in [1.54, 1.807) is 18.0 Å². The van der Waals surface area contributed by atoms with Crippen LogP contribution in [0.4, 0.5) is 10.1 Å². The minimum absolute atomic E-state index is 0.225. The van der Waals surface area contributed by atoms with Crippen LogP contribution in [0.25, 0.3) is 0 Å². The zero-order valence-electron chi connectivity index (χ0n) is 12.7. The zero-order chi connectivity index (χ0) is 16.4. The Morgan fingerprint density at radius 1 is 1.48 bits per heavy atom. The van der Waals surface area contributed by atoms with E-state index in [0.717, 1.165) is 24.0 Å². The molecule has 1 aromatic carbocycles. The Morgan fingerprint density at radius 2 is 2.30 bits per heavy atom. The third-order valence-electron chi connectivity index (χ3n) is 3.84. The molecule has 120 valence electrons. The van der Waals surface area contributed by atoms with E-state index in [4.69, 9.17) is 0 Å². The van der Waals surface area contributed by atoms with Crippen LogP contribution in [0.5, 0.6) is 0 Å². The molecule has 0 saturated carbocycles. The number of carbonyl (C=O) groups excluding carboxylic acids is 1. The monoisotopic (exact) mass is 394 g/mol. The van der Waals surface area contributed by atoms with E-state index in [0.29, 0.717) is 28.2 Å². The molecule has 3 rings (SSSR count). The number of aromatic nitrogens is 1. The lowest BCUT2D eigenvalue weighted by atomic mass is 10.0. The molecule has 0 atom stereocenters. The molecule has 0 saturated heterocycles. The topological polar surface area (TPSA) is 33.2 Å². The van der Waals surface area contributed by atoms with Crippen LogP contribution in [-0.4, -0.2) is 23.7 Å². The number of amides is 1. The molecular weight excluding hydrogens is 379 g/mol. The third kappa shape index (κ3) is 3.28. The highest BCUT2D eigenvalue weighted by atomic mass is 79.9. The van der Waals surface area contributed by atoms with Crippen LogP contribution in [0.1, 0.15) is 28.0 Å². The number of benzene rings is 1. The second-order valence-electron chi connectivity index (χ2n) is 5.40. The van der Waals surface area contributed by atoms with Gasteiger partial charge in [0.1, 0.15) is 11.5 Å². The van der Waals surface area contributed by atoms with Crippen LogP contribution in [0, 0.1) is 5.82 Å². The number of pyridine rings is 1. The van der Waals surface area contributed by atoms with Crippen molar-refractivity contribution in [2.75, 3.05) is 17.7 Å². The zero-order valence-corrected chi connectivity index (χ0v) is 15.1. The minimum atomic E-state index is -0.371. The fourth-order valence-corrected chi connectivity index (χ4v) is 3.91. The number of halogens is 2. The number of thioether (sulfide) groups is 1. The molecule has 2 heterocycles. The highest BCUT2D eigenvalue weighted by molar-refractivity contribution is 9.10. The maximum atomic E-state index is 14.5. The summed E-state index contributed by atoms with van der Waals surface area (Å²) in [7, 11) is 0. The molecule has 0 N–H and O–H groups in total. The number of nitrogens with zero attached hydrogens (tertiary/aromatic N) is 2. The molecule has 0 unspecified atom stereocenters. The summed E-state index contributed by atoms with van der Waals surface area (Å²) in [6, 6.07) is 7.02. The number of fused-ring (bicyclic) bond motifs is 1. The predicted molar refractivity (Wildman–Crippen MR) is 95.6 cm³/mol. The van der Waals surface area contributed by atoms with Gasteiger partial charge in [-0.05, 0) is 48.4 Å². The van der Waals surface area contributed by atoms with Crippen molar-refractivity contribution in [1.82, 2.24) is 4.98 Å². The summed E-state index contributed by atoms with van der Waals surface area (Å²) in [6.07, 6.45) is 5.18. The summed E-state index contributed by atoms with van der Waals surface area (Å²) < 4.78 is 15.2. The van der Waals surface area contributed by atoms with Gasteiger partial charge in [-0.1, -0.05) is 22.0 Å². The lowest BCUT2D eigenvalue weighted by Crippen LogP contribution is -2.37. The van der Waals surface area contributed by atoms with E-state index in [2.05, 4.69) is 20.9 Å². The molecule has 0 radical (unpaired) electrons. The number of aryl methyl sites for hydroxylation is 1. The van der Waals surface area contributed by atoms with Gasteiger partial charge in [-0.15, -0.1) is 0 Å². The van der Waals surface area contributed by atoms with Crippen molar-refractivity contribution in [3.8, 4) is 0 Å². The van der Waals surface area contributed by atoms with Gasteiger partial charge in [-0.3, -0.25) is 9.78 Å². The van der Waals surface area contributed by atoms with Gasteiger partial charge in [0, 0.05) is 23.0 Å². The first kappa shape index (κ1) is 16.5. The first-order valence-corrected chi connectivity index (χ1v) is 9.53. The molecule has 6 heteroatoms. The van der Waals surface area contributed by atoms with Crippen LogP contribution in [0.3, 0.4) is 0 Å². The number of hydrogen-bond donors (Lipinski definition) is 0. The van der Waals surface area contributed by atoms with E-state index in [9.17, 15) is 9.18 Å². The third-order valence-corrected chi connectivity index (χ3v) is 4.90. The largest absolute Gasteiger partial charge is 0.304 e. The van der Waals surface area contributed by atoms with Gasteiger partial charge < -0.3 is 4.90 Å². The fraction of sp³-hybridized carbons (Fsp3) is 0.294. The lowest BCUT2D eigenvalue weighted by molar-refractivity contribution is 0.0978. The van der Waals surface area contributed by atoms with Crippen molar-refractivity contribution in [2.24, 2.45) is 0 Å². The van der Waals surface area contributed by atoms with Gasteiger partial charge in [-0.25, -0.2) is 4.39 Å². The second-order valence-corrected chi connectivity index (χ2v) is 7.18. The summed E-state index contributed by atoms with van der Waals surface area (Å²) in [5, 5.41) is 0. The highest BCUT2D eigenvalue weighted by Gasteiger charge is 2.28. The molecule has 0 fully saturated rings. The first-order valence-electron chi connectivity index (χ1n) is 7.34. The van der Waals surface area contributed by atoms with E-state index in [1.807, 2.05) is 24.5 Å². The number of rotatable bonds is 3. The molecule has 0 aliphatic carbocycles. The Bertz CT molecular complexity index is 753. The Kier molecular flexibility index (Phi) is 5.02. The van der Waals surface area contributed by atoms with Gasteiger partial charge in [0.2, 0.25) is 0 Å². The van der Waals surface area contributed by atoms with Gasteiger partial charge in [0.05, 0.1) is 5.69 Å². The summed E-state index contributed by atoms with van der Waals surface area (Å²) in [5.74, 6) is 0.111. The van der Waals surface area contributed by atoms with Crippen molar-refractivity contribution >= 4 is 39.3 Å². The van der Waals surface area contributed by atoms with Crippen LogP contribution in [-0.2, 0) is 12.2 Å². The summed E-state index contributed by atoms with van der Waals surface area (Å²) in [4.78, 5) is 18.8. The van der Waals surface area contributed by atoms with E-state index >= 15 is 0 Å². The molecule has 1 amide bonds. The van der Waals surface area contributed by atoms with Crippen LogP contribution < -0.4 is 4.90 Å². The summed E-state index contributed by atoms with van der Waals surface area (Å²) in [5.41, 5.74) is 2.55. The fourth-order valence-electron chi connectivity index (χ4n) is 2.89. The average Bonchev–Trinajstić information content (AvgIpc) is 2.54. The molecule has 23 heavy (non-hydrogen) atoms.